The van der Waals surface area contributed by atoms with Crippen molar-refractivity contribution in [3.05, 3.63) is 134 Å². The van der Waals surface area contributed by atoms with Gasteiger partial charge in [-0.05, 0) is 84.9 Å². The summed E-state index contributed by atoms with van der Waals surface area (Å²) in [5.74, 6) is 0. The van der Waals surface area contributed by atoms with Crippen molar-refractivity contribution in [2.24, 2.45) is 0 Å². The Balaban J connectivity index is 1.37. The first kappa shape index (κ1) is 21.6. The SMILES string of the molecule is c1ccc2cc(-c3c4ccccc4c(-c4ccc5oc6c(ccc7ccoc76)c5c4)c4ccccc34)ccc2c1. The van der Waals surface area contributed by atoms with Crippen molar-refractivity contribution < 1.29 is 8.83 Å². The average molecular weight is 511 g/mol. The Bertz CT molecular complexity index is 2380. The highest BCUT2D eigenvalue weighted by Gasteiger charge is 2.18. The Kier molecular flexibility index (Phi) is 4.36. The van der Waals surface area contributed by atoms with Crippen molar-refractivity contribution in [3.63, 3.8) is 0 Å². The Labute approximate surface area is 229 Å². The third-order valence-electron chi connectivity index (χ3n) is 8.32. The van der Waals surface area contributed by atoms with Crippen LogP contribution in [0.1, 0.15) is 0 Å². The first-order valence-corrected chi connectivity index (χ1v) is 13.6. The van der Waals surface area contributed by atoms with Crippen LogP contribution >= 0.6 is 0 Å². The van der Waals surface area contributed by atoms with E-state index in [1.54, 1.807) is 6.26 Å². The minimum atomic E-state index is 0.797. The molecule has 2 nitrogen and oxygen atoms in total. The Hall–Kier alpha value is -5.34. The summed E-state index contributed by atoms with van der Waals surface area (Å²) >= 11 is 0. The molecule has 9 rings (SSSR count). The van der Waals surface area contributed by atoms with E-state index in [0.717, 1.165) is 32.9 Å². The number of hydrogen-bond donors (Lipinski definition) is 0. The largest absolute Gasteiger partial charge is 0.460 e. The molecule has 0 saturated heterocycles. The molecule has 0 atom stereocenters. The average Bonchev–Trinajstić information content (AvgIpc) is 3.64. The summed E-state index contributed by atoms with van der Waals surface area (Å²) in [6.45, 7) is 0. The molecule has 0 radical (unpaired) electrons. The molecular weight excluding hydrogens is 488 g/mol. The molecule has 0 aliphatic rings. The number of hydrogen-bond acceptors (Lipinski definition) is 2. The molecule has 0 aliphatic heterocycles. The molecule has 0 amide bonds. The molecule has 186 valence electrons. The van der Waals surface area contributed by atoms with Crippen LogP contribution in [0.4, 0.5) is 0 Å². The molecule has 0 saturated carbocycles. The van der Waals surface area contributed by atoms with Crippen LogP contribution in [0.5, 0.6) is 0 Å². The quantitative estimate of drug-likeness (QED) is 0.216. The lowest BCUT2D eigenvalue weighted by Crippen LogP contribution is -1.91. The fourth-order valence-electron chi connectivity index (χ4n) is 6.51. The zero-order chi connectivity index (χ0) is 26.2. The van der Waals surface area contributed by atoms with E-state index in [1.807, 2.05) is 6.07 Å². The summed E-state index contributed by atoms with van der Waals surface area (Å²) in [5.41, 5.74) is 7.39. The van der Waals surface area contributed by atoms with Crippen LogP contribution < -0.4 is 0 Å². The van der Waals surface area contributed by atoms with E-state index >= 15 is 0 Å². The lowest BCUT2D eigenvalue weighted by atomic mass is 9.85. The summed E-state index contributed by atoms with van der Waals surface area (Å²) in [4.78, 5) is 0. The van der Waals surface area contributed by atoms with Crippen molar-refractivity contribution in [1.29, 1.82) is 0 Å². The van der Waals surface area contributed by atoms with Gasteiger partial charge in [0.15, 0.2) is 11.2 Å². The Morgan fingerprint density at radius 2 is 0.975 bits per heavy atom. The first-order chi connectivity index (χ1) is 19.8. The molecule has 40 heavy (non-hydrogen) atoms. The zero-order valence-electron chi connectivity index (χ0n) is 21.5. The molecule has 0 spiro atoms. The lowest BCUT2D eigenvalue weighted by Gasteiger charge is -2.18. The molecule has 0 aliphatic carbocycles. The van der Waals surface area contributed by atoms with Gasteiger partial charge in [-0.15, -0.1) is 0 Å². The van der Waals surface area contributed by atoms with Gasteiger partial charge in [0.25, 0.3) is 0 Å². The van der Waals surface area contributed by atoms with Gasteiger partial charge in [0.2, 0.25) is 0 Å². The van der Waals surface area contributed by atoms with E-state index in [4.69, 9.17) is 8.83 Å². The molecular formula is C38H22O2. The van der Waals surface area contributed by atoms with Crippen molar-refractivity contribution in [1.82, 2.24) is 0 Å². The normalized spacial score (nSPS) is 12.0. The third kappa shape index (κ3) is 2.99. The Morgan fingerprint density at radius 1 is 0.375 bits per heavy atom. The molecule has 0 N–H and O–H groups in total. The van der Waals surface area contributed by atoms with Gasteiger partial charge in [0, 0.05) is 16.2 Å². The highest BCUT2D eigenvalue weighted by atomic mass is 16.4. The van der Waals surface area contributed by atoms with Crippen LogP contribution in [0.3, 0.4) is 0 Å². The van der Waals surface area contributed by atoms with E-state index < -0.39 is 0 Å². The third-order valence-corrected chi connectivity index (χ3v) is 8.32. The predicted molar refractivity (Wildman–Crippen MR) is 167 cm³/mol. The highest BCUT2D eigenvalue weighted by Crippen LogP contribution is 2.45. The number of furan rings is 2. The lowest BCUT2D eigenvalue weighted by molar-refractivity contribution is 0.600. The Morgan fingerprint density at radius 3 is 1.70 bits per heavy atom. The van der Waals surface area contributed by atoms with Crippen LogP contribution in [0.2, 0.25) is 0 Å². The van der Waals surface area contributed by atoms with Crippen molar-refractivity contribution in [2.45, 2.75) is 0 Å². The zero-order valence-corrected chi connectivity index (χ0v) is 21.5. The second kappa shape index (κ2) is 8.08. The van der Waals surface area contributed by atoms with Crippen LogP contribution in [-0.2, 0) is 0 Å². The van der Waals surface area contributed by atoms with Gasteiger partial charge in [-0.25, -0.2) is 0 Å². The minimum Gasteiger partial charge on any atom is -0.460 e. The summed E-state index contributed by atoms with van der Waals surface area (Å²) in [7, 11) is 0. The highest BCUT2D eigenvalue weighted by molar-refractivity contribution is 6.23. The molecule has 7 aromatic carbocycles. The molecule has 0 unspecified atom stereocenters. The van der Waals surface area contributed by atoms with Crippen molar-refractivity contribution in [3.8, 4) is 22.3 Å². The fourth-order valence-corrected chi connectivity index (χ4v) is 6.51. The smallest absolute Gasteiger partial charge is 0.178 e. The maximum absolute atomic E-state index is 6.31. The van der Waals surface area contributed by atoms with Gasteiger partial charge in [-0.1, -0.05) is 97.1 Å². The van der Waals surface area contributed by atoms with Gasteiger partial charge in [-0.2, -0.15) is 0 Å². The summed E-state index contributed by atoms with van der Waals surface area (Å²) in [6, 6.07) is 45.8. The molecule has 0 bridgehead atoms. The molecule has 2 heterocycles. The first-order valence-electron chi connectivity index (χ1n) is 13.6. The van der Waals surface area contributed by atoms with Gasteiger partial charge in [-0.3, -0.25) is 0 Å². The summed E-state index contributed by atoms with van der Waals surface area (Å²) in [6.07, 6.45) is 1.72. The van der Waals surface area contributed by atoms with Crippen LogP contribution in [0.15, 0.2) is 142 Å². The molecule has 9 aromatic rings. The van der Waals surface area contributed by atoms with E-state index in [2.05, 4.69) is 121 Å². The molecule has 2 heteroatoms. The van der Waals surface area contributed by atoms with Gasteiger partial charge >= 0.3 is 0 Å². The van der Waals surface area contributed by atoms with Gasteiger partial charge < -0.3 is 8.83 Å². The maximum Gasteiger partial charge on any atom is 0.178 e. The monoisotopic (exact) mass is 510 g/mol. The standard InChI is InChI=1S/C38H22O2/c1-2-8-25-21-26(14-13-23(25)7-1)35-28-9-3-5-11-30(28)36(31-12-6-4-10-29(31)35)27-16-18-34-33(22-27)32-17-15-24-19-20-39-37(24)38(32)40-34/h1-22H. The van der Waals surface area contributed by atoms with Crippen molar-refractivity contribution >= 4 is 65.2 Å². The summed E-state index contributed by atoms with van der Waals surface area (Å²) < 4.78 is 12.1. The molecule has 2 aromatic heterocycles. The second-order valence-corrected chi connectivity index (χ2v) is 10.5. The van der Waals surface area contributed by atoms with E-state index in [0.29, 0.717) is 0 Å². The minimum absolute atomic E-state index is 0.797. The van der Waals surface area contributed by atoms with Crippen LogP contribution in [0, 0.1) is 0 Å². The fraction of sp³-hybridized carbons (Fsp3) is 0. The van der Waals surface area contributed by atoms with Crippen LogP contribution in [-0.4, -0.2) is 0 Å². The number of fused-ring (bicyclic) bond motifs is 8. The van der Waals surface area contributed by atoms with Crippen LogP contribution in [0.25, 0.3) is 87.5 Å². The van der Waals surface area contributed by atoms with Gasteiger partial charge in [0.1, 0.15) is 5.58 Å². The topological polar surface area (TPSA) is 26.3 Å². The summed E-state index contributed by atoms with van der Waals surface area (Å²) in [5, 5.41) is 10.7. The van der Waals surface area contributed by atoms with E-state index in [1.165, 1.54) is 54.6 Å². The van der Waals surface area contributed by atoms with Crippen molar-refractivity contribution in [2.75, 3.05) is 0 Å². The number of benzene rings is 7. The predicted octanol–water partition coefficient (Wildman–Crippen LogP) is 11.1. The van der Waals surface area contributed by atoms with E-state index in [-0.39, 0.29) is 0 Å². The van der Waals surface area contributed by atoms with Gasteiger partial charge in [0.05, 0.1) is 6.26 Å². The maximum atomic E-state index is 6.31. The molecule has 0 fully saturated rings. The second-order valence-electron chi connectivity index (χ2n) is 10.5. The van der Waals surface area contributed by atoms with E-state index in [9.17, 15) is 0 Å². The number of rotatable bonds is 2.